The Bertz CT molecular complexity index is 1790. The second-order valence-corrected chi connectivity index (χ2v) is 11.6. The topological polar surface area (TPSA) is 138 Å². The van der Waals surface area contributed by atoms with Crippen LogP contribution in [0.3, 0.4) is 0 Å². The predicted octanol–water partition coefficient (Wildman–Crippen LogP) is 5.90. The Morgan fingerprint density at radius 2 is 1.81 bits per heavy atom. The first-order valence-electron chi connectivity index (χ1n) is 13.4. The number of aromatic carboxylic acids is 1. The van der Waals surface area contributed by atoms with Crippen molar-refractivity contribution in [3.63, 3.8) is 0 Å². The molecule has 5 rings (SSSR count). The van der Waals surface area contributed by atoms with Gasteiger partial charge in [-0.3, -0.25) is 14.4 Å². The van der Waals surface area contributed by atoms with Crippen molar-refractivity contribution in [1.82, 2.24) is 0 Å². The number of carboxylic acid groups (broad SMARTS) is 1. The van der Waals surface area contributed by atoms with Gasteiger partial charge in [0.2, 0.25) is 0 Å². The molecule has 0 spiro atoms. The summed E-state index contributed by atoms with van der Waals surface area (Å²) < 4.78 is 11.2. The first-order chi connectivity index (χ1) is 19.8. The number of nitrogens with zero attached hydrogens (tertiary/aromatic N) is 1. The molecule has 4 aromatic rings. The molecule has 42 heavy (non-hydrogen) atoms. The molecule has 3 aromatic carbocycles. The zero-order valence-corrected chi connectivity index (χ0v) is 24.5. The summed E-state index contributed by atoms with van der Waals surface area (Å²) in [6, 6.07) is 10.8. The highest BCUT2D eigenvalue weighted by Crippen LogP contribution is 2.42. The Balaban J connectivity index is 1.51. The third-order valence-electron chi connectivity index (χ3n) is 7.40. The highest BCUT2D eigenvalue weighted by molar-refractivity contribution is 6.33. The number of halogens is 1. The lowest BCUT2D eigenvalue weighted by atomic mass is 9.85. The van der Waals surface area contributed by atoms with Gasteiger partial charge in [0.25, 0.3) is 16.8 Å². The molecule has 1 aliphatic heterocycles. The fourth-order valence-corrected chi connectivity index (χ4v) is 5.33. The van der Waals surface area contributed by atoms with Crippen LogP contribution in [-0.2, 0) is 13.0 Å². The summed E-state index contributed by atoms with van der Waals surface area (Å²) in [5.41, 5.74) is -0.775. The molecule has 0 saturated heterocycles. The summed E-state index contributed by atoms with van der Waals surface area (Å²) >= 11 is 6.48. The van der Waals surface area contributed by atoms with E-state index < -0.39 is 34.2 Å². The van der Waals surface area contributed by atoms with Crippen LogP contribution in [0.25, 0.3) is 0 Å². The molecule has 0 bridgehead atoms. The Kier molecular flexibility index (Phi) is 7.36. The van der Waals surface area contributed by atoms with Crippen molar-refractivity contribution in [2.75, 3.05) is 22.6 Å². The second-order valence-electron chi connectivity index (χ2n) is 11.2. The number of ether oxygens (including phenoxy) is 1. The third kappa shape index (κ3) is 4.92. The van der Waals surface area contributed by atoms with Crippen molar-refractivity contribution in [3.8, 4) is 5.75 Å². The van der Waals surface area contributed by atoms with Crippen molar-refractivity contribution in [3.05, 3.63) is 96.1 Å². The van der Waals surface area contributed by atoms with Crippen LogP contribution in [0.2, 0.25) is 5.02 Å². The van der Waals surface area contributed by atoms with Crippen LogP contribution < -0.4 is 31.1 Å². The van der Waals surface area contributed by atoms with E-state index >= 15 is 0 Å². The molecule has 1 amide bonds. The van der Waals surface area contributed by atoms with Crippen molar-refractivity contribution in [2.24, 2.45) is 5.41 Å². The van der Waals surface area contributed by atoms with Gasteiger partial charge in [-0.15, -0.1) is 0 Å². The quantitative estimate of drug-likeness (QED) is 0.203. The van der Waals surface area contributed by atoms with E-state index in [0.717, 1.165) is 5.76 Å². The minimum Gasteiger partial charge on any atom is -0.497 e. The summed E-state index contributed by atoms with van der Waals surface area (Å²) in [5, 5.41) is 16.3. The minimum absolute atomic E-state index is 0.00263. The molecular weight excluding hydrogens is 562 g/mol. The Morgan fingerprint density at radius 1 is 1.10 bits per heavy atom. The Morgan fingerprint density at radius 3 is 2.43 bits per heavy atom. The SMILES string of the molecule is CCc1ccc([C@H](Nc2c(Nc3ccc(Cl)c4c3C(=O)N(c3cc(OC)ccc3C(=O)O)C4)c(=O)c2=O)C(C)(C)C)o1. The fraction of sp³-hybridized carbons (Fsp3) is 0.290. The lowest BCUT2D eigenvalue weighted by molar-refractivity contribution is 0.0697. The maximum Gasteiger partial charge on any atom is 0.337 e. The van der Waals surface area contributed by atoms with E-state index in [2.05, 4.69) is 10.6 Å². The van der Waals surface area contributed by atoms with Crippen molar-refractivity contribution < 1.29 is 23.8 Å². The van der Waals surface area contributed by atoms with E-state index in [4.69, 9.17) is 20.8 Å². The van der Waals surface area contributed by atoms with Crippen LogP contribution in [0.4, 0.5) is 22.7 Å². The summed E-state index contributed by atoms with van der Waals surface area (Å²) in [4.78, 5) is 52.6. The van der Waals surface area contributed by atoms with Gasteiger partial charge < -0.3 is 29.8 Å². The number of hydrogen-bond donors (Lipinski definition) is 3. The third-order valence-corrected chi connectivity index (χ3v) is 7.75. The van der Waals surface area contributed by atoms with Crippen molar-refractivity contribution in [2.45, 2.75) is 46.7 Å². The molecule has 1 aliphatic rings. The number of nitrogens with one attached hydrogen (secondary N) is 2. The predicted molar refractivity (Wildman–Crippen MR) is 160 cm³/mol. The van der Waals surface area contributed by atoms with E-state index in [9.17, 15) is 24.3 Å². The number of amides is 1. The lowest BCUT2D eigenvalue weighted by Crippen LogP contribution is -2.39. The number of anilines is 4. The van der Waals surface area contributed by atoms with Crippen molar-refractivity contribution in [1.29, 1.82) is 0 Å². The molecule has 3 N–H and O–H groups in total. The maximum atomic E-state index is 13.8. The number of carboxylic acids is 1. The van der Waals surface area contributed by atoms with E-state index in [0.29, 0.717) is 28.5 Å². The van der Waals surface area contributed by atoms with E-state index in [1.54, 1.807) is 12.1 Å². The number of benzene rings is 2. The normalized spacial score (nSPS) is 13.8. The van der Waals surface area contributed by atoms with Gasteiger partial charge in [0.1, 0.15) is 28.6 Å². The number of aryl methyl sites for hydroxylation is 1. The van der Waals surface area contributed by atoms with Gasteiger partial charge in [0, 0.05) is 23.1 Å². The van der Waals surface area contributed by atoms with Gasteiger partial charge in [-0.1, -0.05) is 39.3 Å². The number of fused-ring (bicyclic) bond motifs is 1. The van der Waals surface area contributed by atoms with Crippen LogP contribution in [0.5, 0.6) is 5.75 Å². The van der Waals surface area contributed by atoms with Crippen LogP contribution in [0.15, 0.2) is 56.5 Å². The largest absolute Gasteiger partial charge is 0.497 e. The molecule has 218 valence electrons. The van der Waals surface area contributed by atoms with Gasteiger partial charge in [-0.2, -0.15) is 0 Å². The minimum atomic E-state index is -1.21. The molecule has 1 atom stereocenters. The molecule has 0 unspecified atom stereocenters. The average molecular weight is 592 g/mol. The number of carbonyl (C=O) groups is 2. The van der Waals surface area contributed by atoms with Gasteiger partial charge in [-0.25, -0.2) is 4.79 Å². The van der Waals surface area contributed by atoms with Gasteiger partial charge >= 0.3 is 5.97 Å². The summed E-state index contributed by atoms with van der Waals surface area (Å²) in [6.45, 7) is 7.93. The maximum absolute atomic E-state index is 13.8. The van der Waals surface area contributed by atoms with Crippen LogP contribution >= 0.6 is 11.6 Å². The molecule has 0 aliphatic carbocycles. The smallest absolute Gasteiger partial charge is 0.337 e. The number of furan rings is 1. The molecule has 10 nitrogen and oxygen atoms in total. The molecular formula is C31H30ClN3O7. The first-order valence-corrected chi connectivity index (χ1v) is 13.7. The summed E-state index contributed by atoms with van der Waals surface area (Å²) in [7, 11) is 1.44. The van der Waals surface area contributed by atoms with Crippen molar-refractivity contribution >= 4 is 46.2 Å². The molecule has 0 radical (unpaired) electrons. The fourth-order valence-electron chi connectivity index (χ4n) is 5.11. The Hall–Kier alpha value is -4.57. The number of methoxy groups -OCH3 is 1. The average Bonchev–Trinajstić information content (AvgIpc) is 3.57. The molecule has 2 heterocycles. The van der Waals surface area contributed by atoms with Crippen LogP contribution in [-0.4, -0.2) is 24.1 Å². The molecule has 0 saturated carbocycles. The zero-order valence-electron chi connectivity index (χ0n) is 23.8. The molecule has 11 heteroatoms. The number of hydrogen-bond acceptors (Lipinski definition) is 8. The van der Waals surface area contributed by atoms with E-state index in [1.807, 2.05) is 39.8 Å². The van der Waals surface area contributed by atoms with E-state index in [1.165, 1.54) is 30.2 Å². The summed E-state index contributed by atoms with van der Waals surface area (Å²) in [5.74, 6) is 0.0690. The van der Waals surface area contributed by atoms with E-state index in [-0.39, 0.29) is 40.4 Å². The highest BCUT2D eigenvalue weighted by atomic mass is 35.5. The lowest BCUT2D eigenvalue weighted by Gasteiger charge is -2.31. The van der Waals surface area contributed by atoms with Gasteiger partial charge in [-0.05, 0) is 41.8 Å². The Labute approximate surface area is 246 Å². The number of rotatable bonds is 9. The summed E-state index contributed by atoms with van der Waals surface area (Å²) in [6.07, 6.45) is 0.709. The van der Waals surface area contributed by atoms with Crippen LogP contribution in [0, 0.1) is 5.41 Å². The monoisotopic (exact) mass is 591 g/mol. The standard InChI is InChI=1S/C31H30ClN3O7/c1-6-15-8-12-22(42-15)28(31(2,3)4)34-25-24(26(36)27(25)37)33-20-11-10-19(32)18-14-35(29(38)23(18)20)21-13-16(41-5)7-9-17(21)30(39)40/h7-13,28,33-34H,6,14H2,1-5H3,(H,39,40)/t28-/m0/s1. The highest BCUT2D eigenvalue weighted by Gasteiger charge is 2.37. The number of carbonyl (C=O) groups excluding carboxylic acids is 1. The van der Waals surface area contributed by atoms with Crippen LogP contribution in [0.1, 0.15) is 71.5 Å². The van der Waals surface area contributed by atoms with Gasteiger partial charge in [0.05, 0.1) is 42.2 Å². The molecule has 0 fully saturated rings. The second kappa shape index (κ2) is 10.7. The zero-order chi connectivity index (χ0) is 30.5. The first kappa shape index (κ1) is 28.9. The van der Waals surface area contributed by atoms with Gasteiger partial charge in [0.15, 0.2) is 0 Å². The molecule has 1 aromatic heterocycles.